The van der Waals surface area contributed by atoms with Crippen molar-refractivity contribution in [3.05, 3.63) is 29.3 Å². The van der Waals surface area contributed by atoms with Gasteiger partial charge >= 0.3 is 0 Å². The standard InChI is InChI=1S/C18H26N2O/c1-14(2)16-5-4-9-20(10-8-16)13-15-6-7-17(12-19)18(11-15)21-3/h6-7,11,14,16H,4-5,8-10,13H2,1-3H3. The Labute approximate surface area is 128 Å². The number of rotatable bonds is 4. The molecule has 1 heterocycles. The molecule has 0 N–H and O–H groups in total. The Morgan fingerprint density at radius 1 is 1.33 bits per heavy atom. The van der Waals surface area contributed by atoms with Crippen molar-refractivity contribution in [1.82, 2.24) is 4.90 Å². The minimum atomic E-state index is 0.608. The monoisotopic (exact) mass is 286 g/mol. The van der Waals surface area contributed by atoms with E-state index in [1.54, 1.807) is 7.11 Å². The highest BCUT2D eigenvalue weighted by Gasteiger charge is 2.19. The van der Waals surface area contributed by atoms with Gasteiger partial charge in [0.15, 0.2) is 0 Å². The number of benzene rings is 1. The Bertz CT molecular complexity index is 504. The number of nitriles is 1. The van der Waals surface area contributed by atoms with Crippen molar-refractivity contribution in [1.29, 1.82) is 5.26 Å². The normalized spacial score (nSPS) is 20.0. The Kier molecular flexibility index (Phi) is 5.64. The fourth-order valence-electron chi connectivity index (χ4n) is 3.19. The quantitative estimate of drug-likeness (QED) is 0.844. The maximum atomic E-state index is 9.04. The minimum Gasteiger partial charge on any atom is -0.495 e. The predicted octanol–water partition coefficient (Wildman–Crippen LogP) is 3.82. The zero-order valence-corrected chi connectivity index (χ0v) is 13.4. The van der Waals surface area contributed by atoms with E-state index in [9.17, 15) is 0 Å². The first kappa shape index (κ1) is 15.9. The first-order chi connectivity index (χ1) is 10.1. The molecule has 1 aromatic rings. The van der Waals surface area contributed by atoms with E-state index in [1.165, 1.54) is 37.9 Å². The Morgan fingerprint density at radius 3 is 2.81 bits per heavy atom. The molecule has 2 rings (SSSR count). The third-order valence-corrected chi connectivity index (χ3v) is 4.60. The molecule has 1 atom stereocenters. The van der Waals surface area contributed by atoms with Crippen LogP contribution in [-0.4, -0.2) is 25.1 Å². The van der Waals surface area contributed by atoms with Gasteiger partial charge in [-0.2, -0.15) is 5.26 Å². The molecule has 3 nitrogen and oxygen atoms in total. The zero-order chi connectivity index (χ0) is 15.2. The van der Waals surface area contributed by atoms with Gasteiger partial charge in [-0.25, -0.2) is 0 Å². The van der Waals surface area contributed by atoms with E-state index >= 15 is 0 Å². The van der Waals surface area contributed by atoms with Crippen molar-refractivity contribution in [3.63, 3.8) is 0 Å². The van der Waals surface area contributed by atoms with Gasteiger partial charge in [-0.05, 0) is 61.9 Å². The highest BCUT2D eigenvalue weighted by atomic mass is 16.5. The van der Waals surface area contributed by atoms with Crippen LogP contribution < -0.4 is 4.74 Å². The molecule has 114 valence electrons. The van der Waals surface area contributed by atoms with Crippen LogP contribution >= 0.6 is 0 Å². The summed E-state index contributed by atoms with van der Waals surface area (Å²) in [4.78, 5) is 2.53. The van der Waals surface area contributed by atoms with Crippen molar-refractivity contribution >= 4 is 0 Å². The van der Waals surface area contributed by atoms with Crippen LogP contribution in [0, 0.1) is 23.2 Å². The maximum absolute atomic E-state index is 9.04. The van der Waals surface area contributed by atoms with Crippen molar-refractivity contribution in [2.24, 2.45) is 11.8 Å². The average Bonchev–Trinajstić information content (AvgIpc) is 2.72. The lowest BCUT2D eigenvalue weighted by Gasteiger charge is -2.21. The molecular weight excluding hydrogens is 260 g/mol. The Hall–Kier alpha value is -1.53. The molecule has 21 heavy (non-hydrogen) atoms. The van der Waals surface area contributed by atoms with Crippen molar-refractivity contribution in [2.45, 2.75) is 39.7 Å². The van der Waals surface area contributed by atoms with Gasteiger partial charge in [-0.3, -0.25) is 4.90 Å². The minimum absolute atomic E-state index is 0.608. The van der Waals surface area contributed by atoms with Gasteiger partial charge in [0, 0.05) is 6.54 Å². The summed E-state index contributed by atoms with van der Waals surface area (Å²) < 4.78 is 5.30. The van der Waals surface area contributed by atoms with Crippen LogP contribution in [0.2, 0.25) is 0 Å². The van der Waals surface area contributed by atoms with Crippen LogP contribution in [-0.2, 0) is 6.54 Å². The predicted molar refractivity (Wildman–Crippen MR) is 85.2 cm³/mol. The third-order valence-electron chi connectivity index (χ3n) is 4.60. The van der Waals surface area contributed by atoms with Gasteiger partial charge in [0.1, 0.15) is 11.8 Å². The largest absolute Gasteiger partial charge is 0.495 e. The molecule has 1 unspecified atom stereocenters. The highest BCUT2D eigenvalue weighted by Crippen LogP contribution is 2.26. The molecule has 0 saturated carbocycles. The molecule has 0 bridgehead atoms. The molecule has 0 radical (unpaired) electrons. The average molecular weight is 286 g/mol. The molecule has 3 heteroatoms. The van der Waals surface area contributed by atoms with Crippen molar-refractivity contribution in [3.8, 4) is 11.8 Å². The summed E-state index contributed by atoms with van der Waals surface area (Å²) in [6, 6.07) is 8.08. The Balaban J connectivity index is 2.00. The first-order valence-electron chi connectivity index (χ1n) is 7.93. The molecule has 1 saturated heterocycles. The summed E-state index contributed by atoms with van der Waals surface area (Å²) in [6.07, 6.45) is 3.94. The van der Waals surface area contributed by atoms with Crippen LogP contribution in [0.15, 0.2) is 18.2 Å². The van der Waals surface area contributed by atoms with Crippen LogP contribution in [0.5, 0.6) is 5.75 Å². The van der Waals surface area contributed by atoms with Crippen LogP contribution in [0.4, 0.5) is 0 Å². The number of hydrogen-bond donors (Lipinski definition) is 0. The molecule has 1 aromatic carbocycles. The molecular formula is C18H26N2O. The van der Waals surface area contributed by atoms with E-state index in [0.29, 0.717) is 11.3 Å². The molecule has 1 aliphatic heterocycles. The summed E-state index contributed by atoms with van der Waals surface area (Å²) in [5, 5.41) is 9.04. The third kappa shape index (κ3) is 4.22. The fraction of sp³-hybridized carbons (Fsp3) is 0.611. The van der Waals surface area contributed by atoms with Gasteiger partial charge in [0.25, 0.3) is 0 Å². The lowest BCUT2D eigenvalue weighted by molar-refractivity contribution is 0.264. The number of methoxy groups -OCH3 is 1. The summed E-state index contributed by atoms with van der Waals surface area (Å²) >= 11 is 0. The SMILES string of the molecule is COc1cc(CN2CCCC(C(C)C)CC2)ccc1C#N. The van der Waals surface area contributed by atoms with E-state index in [4.69, 9.17) is 10.00 Å². The number of ether oxygens (including phenoxy) is 1. The second-order valence-corrected chi connectivity index (χ2v) is 6.36. The van der Waals surface area contributed by atoms with Crippen molar-refractivity contribution in [2.75, 3.05) is 20.2 Å². The van der Waals surface area contributed by atoms with E-state index in [0.717, 1.165) is 18.4 Å². The van der Waals surface area contributed by atoms with E-state index in [1.807, 2.05) is 18.2 Å². The zero-order valence-electron chi connectivity index (χ0n) is 13.4. The molecule has 0 aliphatic carbocycles. The molecule has 0 spiro atoms. The van der Waals surface area contributed by atoms with Gasteiger partial charge in [0.05, 0.1) is 12.7 Å². The Morgan fingerprint density at radius 2 is 2.14 bits per heavy atom. The summed E-state index contributed by atoms with van der Waals surface area (Å²) in [5.74, 6) is 2.34. The summed E-state index contributed by atoms with van der Waals surface area (Å²) in [5.41, 5.74) is 1.84. The smallest absolute Gasteiger partial charge is 0.136 e. The number of hydrogen-bond acceptors (Lipinski definition) is 3. The molecule has 1 fully saturated rings. The maximum Gasteiger partial charge on any atom is 0.136 e. The lowest BCUT2D eigenvalue weighted by Crippen LogP contribution is -2.24. The topological polar surface area (TPSA) is 36.3 Å². The highest BCUT2D eigenvalue weighted by molar-refractivity contribution is 5.45. The first-order valence-corrected chi connectivity index (χ1v) is 7.93. The lowest BCUT2D eigenvalue weighted by atomic mass is 9.89. The number of likely N-dealkylation sites (tertiary alicyclic amines) is 1. The molecule has 1 aliphatic rings. The van der Waals surface area contributed by atoms with Gasteiger partial charge in [0.2, 0.25) is 0 Å². The van der Waals surface area contributed by atoms with Gasteiger partial charge < -0.3 is 4.74 Å². The fourth-order valence-corrected chi connectivity index (χ4v) is 3.19. The molecule has 0 amide bonds. The molecule has 0 aromatic heterocycles. The summed E-state index contributed by atoms with van der Waals surface area (Å²) in [7, 11) is 1.62. The van der Waals surface area contributed by atoms with Crippen molar-refractivity contribution < 1.29 is 4.74 Å². The van der Waals surface area contributed by atoms with Crippen LogP contribution in [0.1, 0.15) is 44.2 Å². The van der Waals surface area contributed by atoms with Gasteiger partial charge in [-0.15, -0.1) is 0 Å². The second-order valence-electron chi connectivity index (χ2n) is 6.36. The van der Waals surface area contributed by atoms with E-state index in [-0.39, 0.29) is 0 Å². The number of nitrogens with zero attached hydrogens (tertiary/aromatic N) is 2. The van der Waals surface area contributed by atoms with E-state index in [2.05, 4.69) is 24.8 Å². The van der Waals surface area contributed by atoms with Crippen LogP contribution in [0.3, 0.4) is 0 Å². The van der Waals surface area contributed by atoms with Crippen LogP contribution in [0.25, 0.3) is 0 Å². The van der Waals surface area contributed by atoms with E-state index < -0.39 is 0 Å². The second kappa shape index (κ2) is 7.47. The van der Waals surface area contributed by atoms with Gasteiger partial charge in [-0.1, -0.05) is 19.9 Å². The summed E-state index contributed by atoms with van der Waals surface area (Å²) in [6.45, 7) is 7.97.